The lowest BCUT2D eigenvalue weighted by atomic mass is 10.1. The van der Waals surface area contributed by atoms with Crippen molar-refractivity contribution in [1.29, 1.82) is 0 Å². The van der Waals surface area contributed by atoms with E-state index in [-0.39, 0.29) is 24.2 Å². The smallest absolute Gasteiger partial charge is 0.246 e. The third-order valence-corrected chi connectivity index (χ3v) is 5.82. The summed E-state index contributed by atoms with van der Waals surface area (Å²) in [5.41, 5.74) is 2.97. The molecule has 174 valence electrons. The van der Waals surface area contributed by atoms with Gasteiger partial charge in [0.25, 0.3) is 0 Å². The van der Waals surface area contributed by atoms with Gasteiger partial charge in [0.15, 0.2) is 0 Å². The average molecular weight is 469 g/mol. The van der Waals surface area contributed by atoms with Crippen molar-refractivity contribution in [2.24, 2.45) is 0 Å². The second-order valence-electron chi connectivity index (χ2n) is 8.59. The molecule has 4 rings (SSSR count). The van der Waals surface area contributed by atoms with Crippen molar-refractivity contribution in [3.05, 3.63) is 65.1 Å². The molecule has 0 spiro atoms. The van der Waals surface area contributed by atoms with Crippen LogP contribution < -0.4 is 10.6 Å². The van der Waals surface area contributed by atoms with Gasteiger partial charge in [0.05, 0.1) is 12.1 Å². The summed E-state index contributed by atoms with van der Waals surface area (Å²) in [5, 5.41) is 7.17. The monoisotopic (exact) mass is 468 g/mol. The van der Waals surface area contributed by atoms with E-state index in [1.54, 1.807) is 24.2 Å². The minimum absolute atomic E-state index is 0. The van der Waals surface area contributed by atoms with Crippen molar-refractivity contribution in [2.45, 2.75) is 45.8 Å². The standard InChI is InChI=1S/C25H28N4O3.ClH/c1-5-18-19-8-6-7-9-20(19)32-21(18)15-29(4)22(30)11-10-16-12-17-14-27-25(2,3)24(31)28-23(17)26-13-16;/h6-13,27H,5,14-15H2,1-4H3,(H,26,28,31);1H/b11-10+;. The molecular weight excluding hydrogens is 440 g/mol. The topological polar surface area (TPSA) is 87.5 Å². The predicted molar refractivity (Wildman–Crippen MR) is 132 cm³/mol. The number of halogens is 1. The van der Waals surface area contributed by atoms with Gasteiger partial charge in [0, 0.05) is 42.4 Å². The number of hydrogen-bond donors (Lipinski definition) is 2. The van der Waals surface area contributed by atoms with Gasteiger partial charge in [-0.1, -0.05) is 25.1 Å². The first-order valence-corrected chi connectivity index (χ1v) is 10.8. The lowest BCUT2D eigenvalue weighted by Crippen LogP contribution is -2.47. The molecule has 0 saturated carbocycles. The number of carbonyl (C=O) groups is 2. The molecule has 2 amide bonds. The lowest BCUT2D eigenvalue weighted by molar-refractivity contribution is -0.125. The second-order valence-corrected chi connectivity index (χ2v) is 8.59. The number of benzene rings is 1. The largest absolute Gasteiger partial charge is 0.459 e. The van der Waals surface area contributed by atoms with Gasteiger partial charge in [-0.3, -0.25) is 14.9 Å². The van der Waals surface area contributed by atoms with Gasteiger partial charge in [-0.05, 0) is 44.0 Å². The average Bonchev–Trinajstić information content (AvgIpc) is 3.08. The first-order valence-electron chi connectivity index (χ1n) is 10.8. The Balaban J connectivity index is 0.00000306. The van der Waals surface area contributed by atoms with Crippen LogP contribution in [0.15, 0.2) is 47.0 Å². The van der Waals surface area contributed by atoms with E-state index in [1.165, 1.54) is 6.08 Å². The maximum absolute atomic E-state index is 12.7. The van der Waals surface area contributed by atoms with E-state index in [2.05, 4.69) is 22.5 Å². The summed E-state index contributed by atoms with van der Waals surface area (Å²) >= 11 is 0. The molecule has 1 aliphatic heterocycles. The van der Waals surface area contributed by atoms with Crippen molar-refractivity contribution in [2.75, 3.05) is 12.4 Å². The Morgan fingerprint density at radius 1 is 1.30 bits per heavy atom. The molecule has 0 atom stereocenters. The molecule has 7 nitrogen and oxygen atoms in total. The van der Waals surface area contributed by atoms with E-state index in [4.69, 9.17) is 4.42 Å². The van der Waals surface area contributed by atoms with E-state index in [0.29, 0.717) is 18.9 Å². The van der Waals surface area contributed by atoms with Gasteiger partial charge >= 0.3 is 0 Å². The summed E-state index contributed by atoms with van der Waals surface area (Å²) in [6.07, 6.45) is 5.76. The van der Waals surface area contributed by atoms with Crippen LogP contribution in [0.25, 0.3) is 17.0 Å². The molecule has 8 heteroatoms. The lowest BCUT2D eigenvalue weighted by Gasteiger charge is -2.21. The molecule has 33 heavy (non-hydrogen) atoms. The van der Waals surface area contributed by atoms with Gasteiger partial charge < -0.3 is 14.6 Å². The molecule has 0 aliphatic carbocycles. The molecule has 0 radical (unpaired) electrons. The molecule has 2 N–H and O–H groups in total. The minimum atomic E-state index is -0.677. The van der Waals surface area contributed by atoms with E-state index in [9.17, 15) is 9.59 Å². The number of fused-ring (bicyclic) bond motifs is 2. The Hall–Kier alpha value is -3.16. The van der Waals surface area contributed by atoms with Gasteiger partial charge in [-0.2, -0.15) is 0 Å². The zero-order valence-electron chi connectivity index (χ0n) is 19.3. The van der Waals surface area contributed by atoms with E-state index in [0.717, 1.165) is 39.8 Å². The number of aromatic nitrogens is 1. The van der Waals surface area contributed by atoms with E-state index < -0.39 is 5.54 Å². The van der Waals surface area contributed by atoms with Crippen molar-refractivity contribution in [1.82, 2.24) is 15.2 Å². The number of furan rings is 1. The van der Waals surface area contributed by atoms with Crippen LogP contribution in [0.2, 0.25) is 0 Å². The fourth-order valence-electron chi connectivity index (χ4n) is 3.78. The van der Waals surface area contributed by atoms with Gasteiger partial charge in [0.2, 0.25) is 11.8 Å². The number of amides is 2. The number of rotatable bonds is 5. The molecule has 0 bridgehead atoms. The van der Waals surface area contributed by atoms with Crippen LogP contribution in [0.1, 0.15) is 43.2 Å². The van der Waals surface area contributed by atoms with Gasteiger partial charge in [-0.15, -0.1) is 12.4 Å². The Labute approximate surface area is 199 Å². The van der Waals surface area contributed by atoms with Crippen molar-refractivity contribution < 1.29 is 14.0 Å². The molecule has 3 aromatic rings. The van der Waals surface area contributed by atoms with Crippen LogP contribution in [0.5, 0.6) is 0 Å². The molecule has 3 heterocycles. The zero-order chi connectivity index (χ0) is 22.9. The Bertz CT molecular complexity index is 1220. The van der Waals surface area contributed by atoms with Crippen LogP contribution in [0, 0.1) is 0 Å². The highest BCUT2D eigenvalue weighted by Gasteiger charge is 2.30. The number of anilines is 1. The number of likely N-dealkylation sites (N-methyl/N-ethyl adjacent to an activating group) is 1. The van der Waals surface area contributed by atoms with Crippen LogP contribution in [0.3, 0.4) is 0 Å². The third kappa shape index (κ3) is 5.10. The highest BCUT2D eigenvalue weighted by Crippen LogP contribution is 2.27. The SMILES string of the molecule is CCc1c(CN(C)C(=O)/C=C/c2cnc3c(c2)CNC(C)(C)C(=O)N3)oc2ccccc12.Cl. The highest BCUT2D eigenvalue weighted by molar-refractivity contribution is 5.98. The van der Waals surface area contributed by atoms with Gasteiger partial charge in [-0.25, -0.2) is 4.98 Å². The Kier molecular flexibility index (Phi) is 7.25. The molecular formula is C25H29ClN4O3. The molecule has 1 aromatic carbocycles. The molecule has 2 aromatic heterocycles. The van der Waals surface area contributed by atoms with Crippen molar-refractivity contribution in [3.63, 3.8) is 0 Å². The molecule has 1 aliphatic rings. The molecule has 0 unspecified atom stereocenters. The van der Waals surface area contributed by atoms with E-state index >= 15 is 0 Å². The molecule has 0 saturated heterocycles. The first-order chi connectivity index (χ1) is 15.3. The maximum atomic E-state index is 12.7. The number of nitrogens with one attached hydrogen (secondary N) is 2. The minimum Gasteiger partial charge on any atom is -0.459 e. The first kappa shape index (κ1) is 24.5. The van der Waals surface area contributed by atoms with Crippen LogP contribution in [-0.4, -0.2) is 34.3 Å². The highest BCUT2D eigenvalue weighted by atomic mass is 35.5. The summed E-state index contributed by atoms with van der Waals surface area (Å²) in [6, 6.07) is 9.86. The van der Waals surface area contributed by atoms with E-state index in [1.807, 2.05) is 44.2 Å². The second kappa shape index (κ2) is 9.77. The molecule has 0 fully saturated rings. The summed E-state index contributed by atoms with van der Waals surface area (Å²) in [6.45, 7) is 6.65. The fraction of sp³-hybridized carbons (Fsp3) is 0.320. The van der Waals surface area contributed by atoms with Gasteiger partial charge in [0.1, 0.15) is 17.2 Å². The number of para-hydroxylation sites is 1. The summed E-state index contributed by atoms with van der Waals surface area (Å²) in [4.78, 5) is 31.0. The third-order valence-electron chi connectivity index (χ3n) is 5.82. The normalized spacial score (nSPS) is 15.0. The number of aryl methyl sites for hydroxylation is 1. The summed E-state index contributed by atoms with van der Waals surface area (Å²) in [5.74, 6) is 1.11. The van der Waals surface area contributed by atoms with Crippen LogP contribution in [0.4, 0.5) is 5.82 Å². The zero-order valence-corrected chi connectivity index (χ0v) is 20.1. The number of carbonyl (C=O) groups excluding carboxylic acids is 2. The fourth-order valence-corrected chi connectivity index (χ4v) is 3.78. The maximum Gasteiger partial charge on any atom is 0.246 e. The quantitative estimate of drug-likeness (QED) is 0.545. The number of hydrogen-bond acceptors (Lipinski definition) is 5. The van der Waals surface area contributed by atoms with Crippen molar-refractivity contribution in [3.8, 4) is 0 Å². The van der Waals surface area contributed by atoms with Crippen LogP contribution >= 0.6 is 12.4 Å². The Morgan fingerprint density at radius 2 is 2.06 bits per heavy atom. The van der Waals surface area contributed by atoms with Crippen LogP contribution in [-0.2, 0) is 29.1 Å². The number of nitrogens with zero attached hydrogens (tertiary/aromatic N) is 2. The predicted octanol–water partition coefficient (Wildman–Crippen LogP) is 4.30. The summed E-state index contributed by atoms with van der Waals surface area (Å²) < 4.78 is 6.00. The van der Waals surface area contributed by atoms with Crippen molar-refractivity contribution >= 4 is 47.1 Å². The Morgan fingerprint density at radius 3 is 2.82 bits per heavy atom. The number of pyridine rings is 1. The summed E-state index contributed by atoms with van der Waals surface area (Å²) in [7, 11) is 1.76.